The molecule has 2 nitrogen and oxygen atoms in total. The second-order valence-corrected chi connectivity index (χ2v) is 4.85. The summed E-state index contributed by atoms with van der Waals surface area (Å²) in [6.45, 7) is 2.08. The van der Waals surface area contributed by atoms with E-state index in [4.69, 9.17) is 11.6 Å². The van der Waals surface area contributed by atoms with Gasteiger partial charge in [0, 0.05) is 17.6 Å². The number of halogens is 1. The zero-order chi connectivity index (χ0) is 12.5. The van der Waals surface area contributed by atoms with Crippen molar-refractivity contribution in [2.75, 3.05) is 0 Å². The lowest BCUT2D eigenvalue weighted by molar-refractivity contribution is 0.960. The summed E-state index contributed by atoms with van der Waals surface area (Å²) in [4.78, 5) is 4.48. The maximum Gasteiger partial charge on any atom is 0.117 e. The second kappa shape index (κ2) is 4.46. The average Bonchev–Trinajstić information content (AvgIpc) is 2.74. The van der Waals surface area contributed by atoms with Gasteiger partial charge in [0.15, 0.2) is 0 Å². The topological polar surface area (TPSA) is 17.3 Å². The number of hydrogen-bond donors (Lipinski definition) is 0. The predicted molar refractivity (Wildman–Crippen MR) is 74.2 cm³/mol. The van der Waals surface area contributed by atoms with Crippen molar-refractivity contribution in [1.82, 2.24) is 9.38 Å². The van der Waals surface area contributed by atoms with Gasteiger partial charge in [-0.2, -0.15) is 0 Å². The summed E-state index contributed by atoms with van der Waals surface area (Å²) in [6.07, 6.45) is 4.71. The van der Waals surface area contributed by atoms with Gasteiger partial charge < -0.3 is 4.40 Å². The molecule has 2 aromatic heterocycles. The standard InChI is InChI=1S/C15H13ClN2/c1-11-6-7-18-13(8-11)10-17-15(18)9-12-4-2-3-5-14(12)16/h2-8,10H,9H2,1H3. The summed E-state index contributed by atoms with van der Waals surface area (Å²) >= 11 is 6.18. The Morgan fingerprint density at radius 3 is 2.89 bits per heavy atom. The van der Waals surface area contributed by atoms with E-state index in [9.17, 15) is 0 Å². The van der Waals surface area contributed by atoms with Crippen LogP contribution in [0, 0.1) is 6.92 Å². The molecule has 0 saturated carbocycles. The minimum Gasteiger partial charge on any atom is -0.303 e. The van der Waals surface area contributed by atoms with Crippen molar-refractivity contribution in [3.05, 3.63) is 70.8 Å². The van der Waals surface area contributed by atoms with Crippen molar-refractivity contribution in [2.45, 2.75) is 13.3 Å². The molecular formula is C15H13ClN2. The van der Waals surface area contributed by atoms with Crippen LogP contribution in [-0.4, -0.2) is 9.38 Å². The SMILES string of the molecule is Cc1ccn2c(Cc3ccccc3Cl)ncc2c1. The fourth-order valence-corrected chi connectivity index (χ4v) is 2.31. The zero-order valence-electron chi connectivity index (χ0n) is 10.1. The Balaban J connectivity index is 2.03. The van der Waals surface area contributed by atoms with E-state index in [2.05, 4.69) is 34.6 Å². The fraction of sp³-hybridized carbons (Fsp3) is 0.133. The highest BCUT2D eigenvalue weighted by atomic mass is 35.5. The number of fused-ring (bicyclic) bond motifs is 1. The van der Waals surface area contributed by atoms with Gasteiger partial charge >= 0.3 is 0 Å². The van der Waals surface area contributed by atoms with Crippen LogP contribution in [0.2, 0.25) is 5.02 Å². The summed E-state index contributed by atoms with van der Waals surface area (Å²) in [5, 5.41) is 0.793. The van der Waals surface area contributed by atoms with Crippen molar-refractivity contribution in [2.24, 2.45) is 0 Å². The van der Waals surface area contributed by atoms with Crippen LogP contribution in [0.4, 0.5) is 0 Å². The van der Waals surface area contributed by atoms with Crippen LogP contribution >= 0.6 is 11.6 Å². The van der Waals surface area contributed by atoms with Crippen molar-refractivity contribution in [3.63, 3.8) is 0 Å². The van der Waals surface area contributed by atoms with E-state index in [1.54, 1.807) is 0 Å². The molecule has 0 atom stereocenters. The van der Waals surface area contributed by atoms with Gasteiger partial charge in [0.05, 0.1) is 11.7 Å². The molecule has 0 radical (unpaired) electrons. The minimum absolute atomic E-state index is 0.747. The van der Waals surface area contributed by atoms with Crippen LogP contribution in [0.3, 0.4) is 0 Å². The largest absolute Gasteiger partial charge is 0.303 e. The molecule has 0 bridgehead atoms. The molecule has 0 saturated heterocycles. The number of aryl methyl sites for hydroxylation is 1. The molecule has 0 fully saturated rings. The first kappa shape index (κ1) is 11.3. The highest BCUT2D eigenvalue weighted by molar-refractivity contribution is 6.31. The maximum atomic E-state index is 6.18. The lowest BCUT2D eigenvalue weighted by atomic mass is 10.1. The van der Waals surface area contributed by atoms with Gasteiger partial charge in [-0.05, 0) is 36.2 Å². The Morgan fingerprint density at radius 1 is 1.22 bits per heavy atom. The third-order valence-corrected chi connectivity index (χ3v) is 3.44. The van der Waals surface area contributed by atoms with E-state index in [0.717, 1.165) is 28.3 Å². The Morgan fingerprint density at radius 2 is 2.06 bits per heavy atom. The molecule has 0 unspecified atom stereocenters. The highest BCUT2D eigenvalue weighted by Crippen LogP contribution is 2.19. The summed E-state index contributed by atoms with van der Waals surface area (Å²) in [5.41, 5.74) is 3.47. The van der Waals surface area contributed by atoms with E-state index in [1.807, 2.05) is 30.5 Å². The molecule has 18 heavy (non-hydrogen) atoms. The monoisotopic (exact) mass is 256 g/mol. The average molecular weight is 257 g/mol. The van der Waals surface area contributed by atoms with Crippen molar-refractivity contribution < 1.29 is 0 Å². The molecule has 1 aromatic carbocycles. The number of rotatable bonds is 2. The van der Waals surface area contributed by atoms with Crippen LogP contribution in [0.1, 0.15) is 17.0 Å². The van der Waals surface area contributed by atoms with E-state index >= 15 is 0 Å². The van der Waals surface area contributed by atoms with E-state index < -0.39 is 0 Å². The Kier molecular flexibility index (Phi) is 2.80. The van der Waals surface area contributed by atoms with Gasteiger partial charge in [-0.3, -0.25) is 0 Å². The molecule has 3 heteroatoms. The first-order valence-electron chi connectivity index (χ1n) is 5.90. The van der Waals surface area contributed by atoms with Gasteiger partial charge in [0.25, 0.3) is 0 Å². The zero-order valence-corrected chi connectivity index (χ0v) is 10.9. The van der Waals surface area contributed by atoms with Crippen molar-refractivity contribution in [1.29, 1.82) is 0 Å². The molecule has 0 aliphatic carbocycles. The van der Waals surface area contributed by atoms with Crippen LogP contribution < -0.4 is 0 Å². The van der Waals surface area contributed by atoms with Gasteiger partial charge in [-0.15, -0.1) is 0 Å². The molecule has 0 aliphatic heterocycles. The lowest BCUT2D eigenvalue weighted by Crippen LogP contribution is -1.97. The maximum absolute atomic E-state index is 6.18. The number of aromatic nitrogens is 2. The smallest absolute Gasteiger partial charge is 0.117 e. The molecule has 3 rings (SSSR count). The summed E-state index contributed by atoms with van der Waals surface area (Å²) in [5.74, 6) is 1.01. The first-order valence-corrected chi connectivity index (χ1v) is 6.28. The molecule has 2 heterocycles. The van der Waals surface area contributed by atoms with Crippen LogP contribution in [0.15, 0.2) is 48.8 Å². The number of imidazole rings is 1. The molecule has 0 spiro atoms. The fourth-order valence-electron chi connectivity index (χ4n) is 2.11. The Hall–Kier alpha value is -1.80. The van der Waals surface area contributed by atoms with Crippen molar-refractivity contribution in [3.8, 4) is 0 Å². The van der Waals surface area contributed by atoms with Gasteiger partial charge in [0.2, 0.25) is 0 Å². The van der Waals surface area contributed by atoms with E-state index in [0.29, 0.717) is 0 Å². The van der Waals surface area contributed by atoms with E-state index in [1.165, 1.54) is 5.56 Å². The molecule has 90 valence electrons. The van der Waals surface area contributed by atoms with E-state index in [-0.39, 0.29) is 0 Å². The van der Waals surface area contributed by atoms with Crippen LogP contribution in [0.5, 0.6) is 0 Å². The number of benzene rings is 1. The third kappa shape index (κ3) is 2.00. The number of pyridine rings is 1. The lowest BCUT2D eigenvalue weighted by Gasteiger charge is -2.04. The number of hydrogen-bond acceptors (Lipinski definition) is 1. The third-order valence-electron chi connectivity index (χ3n) is 3.07. The van der Waals surface area contributed by atoms with Crippen LogP contribution in [-0.2, 0) is 6.42 Å². The molecular weight excluding hydrogens is 244 g/mol. The number of nitrogens with zero attached hydrogens (tertiary/aromatic N) is 2. The Labute approximate surface area is 111 Å². The molecule has 3 aromatic rings. The predicted octanol–water partition coefficient (Wildman–Crippen LogP) is 3.89. The highest BCUT2D eigenvalue weighted by Gasteiger charge is 2.06. The molecule has 0 aliphatic rings. The van der Waals surface area contributed by atoms with Gasteiger partial charge in [-0.25, -0.2) is 4.98 Å². The van der Waals surface area contributed by atoms with Crippen LogP contribution in [0.25, 0.3) is 5.52 Å². The summed E-state index contributed by atoms with van der Waals surface area (Å²) in [6, 6.07) is 12.1. The quantitative estimate of drug-likeness (QED) is 0.680. The summed E-state index contributed by atoms with van der Waals surface area (Å²) < 4.78 is 2.11. The normalized spacial score (nSPS) is 11.0. The first-order chi connectivity index (χ1) is 8.74. The van der Waals surface area contributed by atoms with Gasteiger partial charge in [0.1, 0.15) is 5.82 Å². The second-order valence-electron chi connectivity index (χ2n) is 4.44. The minimum atomic E-state index is 0.747. The van der Waals surface area contributed by atoms with Gasteiger partial charge in [-0.1, -0.05) is 29.8 Å². The molecule has 0 N–H and O–H groups in total. The van der Waals surface area contributed by atoms with Crippen molar-refractivity contribution >= 4 is 17.1 Å². The molecule has 0 amide bonds. The summed E-state index contributed by atoms with van der Waals surface area (Å²) in [7, 11) is 0. The Bertz CT molecular complexity index is 701.